The van der Waals surface area contributed by atoms with E-state index in [4.69, 9.17) is 11.5 Å². The van der Waals surface area contributed by atoms with Gasteiger partial charge in [0.05, 0.1) is 0 Å². The van der Waals surface area contributed by atoms with Gasteiger partial charge in [0.25, 0.3) is 35.4 Å². The van der Waals surface area contributed by atoms with Gasteiger partial charge in [-0.2, -0.15) is 0 Å². The van der Waals surface area contributed by atoms with E-state index in [0.717, 1.165) is 12.8 Å². The molecule has 6 aromatic rings. The van der Waals surface area contributed by atoms with E-state index in [1.165, 1.54) is 24.3 Å². The topological polar surface area (TPSA) is 227 Å². The highest BCUT2D eigenvalue weighted by Gasteiger charge is 2.16. The summed E-state index contributed by atoms with van der Waals surface area (Å²) in [5.74, 6) is -2.41. The Kier molecular flexibility index (Phi) is 14.8. The average Bonchev–Trinajstić information content (AvgIpc) is 3.27. The number of nitrogen functional groups attached to an aromatic ring is 2. The summed E-state index contributed by atoms with van der Waals surface area (Å²) < 4.78 is 0. The van der Waals surface area contributed by atoms with E-state index in [1.54, 1.807) is 121 Å². The minimum absolute atomic E-state index is 0.234. The van der Waals surface area contributed by atoms with Gasteiger partial charge in [0.1, 0.15) is 0 Å². The second kappa shape index (κ2) is 21.1. The van der Waals surface area contributed by atoms with Gasteiger partial charge in [-0.3, -0.25) is 28.8 Å². The zero-order chi connectivity index (χ0) is 43.8. The van der Waals surface area contributed by atoms with Crippen LogP contribution >= 0.6 is 0 Å². The van der Waals surface area contributed by atoms with Crippen LogP contribution in [-0.2, 0) is 0 Å². The van der Waals surface area contributed by atoms with Crippen LogP contribution in [0.5, 0.6) is 0 Å². The molecule has 0 saturated heterocycles. The Morgan fingerprint density at radius 1 is 0.323 bits per heavy atom. The predicted molar refractivity (Wildman–Crippen MR) is 242 cm³/mol. The van der Waals surface area contributed by atoms with Gasteiger partial charge in [0.15, 0.2) is 0 Å². The molecule has 0 radical (unpaired) electrons. The van der Waals surface area contributed by atoms with Crippen LogP contribution in [0.4, 0.5) is 34.1 Å². The van der Waals surface area contributed by atoms with Gasteiger partial charge in [-0.05, 0) is 110 Å². The lowest BCUT2D eigenvalue weighted by molar-refractivity contribution is 0.0943. The largest absolute Gasteiger partial charge is 0.399 e. The molecule has 0 aliphatic rings. The van der Waals surface area contributed by atoms with E-state index in [2.05, 4.69) is 31.9 Å². The molecular weight excluding hydrogens is 785 g/mol. The average molecular weight is 831 g/mol. The third-order valence-corrected chi connectivity index (χ3v) is 9.47. The summed E-state index contributed by atoms with van der Waals surface area (Å²) in [6.07, 6.45) is 2.82. The summed E-state index contributed by atoms with van der Waals surface area (Å²) >= 11 is 0. The van der Waals surface area contributed by atoms with Crippen molar-refractivity contribution in [2.75, 3.05) is 45.8 Å². The molecule has 0 aliphatic carbocycles. The number of benzene rings is 6. The van der Waals surface area contributed by atoms with Crippen molar-refractivity contribution in [3.63, 3.8) is 0 Å². The highest BCUT2D eigenvalue weighted by atomic mass is 16.2. The molecule has 10 N–H and O–H groups in total. The molecule has 0 unspecified atom stereocenters. The molecule has 6 amide bonds. The van der Waals surface area contributed by atoms with Gasteiger partial charge in [0.2, 0.25) is 0 Å². The van der Waals surface area contributed by atoms with Gasteiger partial charge >= 0.3 is 0 Å². The van der Waals surface area contributed by atoms with E-state index in [9.17, 15) is 28.8 Å². The molecule has 0 bridgehead atoms. The van der Waals surface area contributed by atoms with Crippen LogP contribution in [0.2, 0.25) is 0 Å². The monoisotopic (exact) mass is 830 g/mol. The van der Waals surface area contributed by atoms with Gasteiger partial charge < -0.3 is 43.4 Å². The van der Waals surface area contributed by atoms with Crippen molar-refractivity contribution in [3.05, 3.63) is 179 Å². The van der Waals surface area contributed by atoms with Gasteiger partial charge in [-0.25, -0.2) is 0 Å². The Morgan fingerprint density at radius 2 is 0.645 bits per heavy atom. The molecule has 314 valence electrons. The molecule has 0 aromatic heterocycles. The number of hydrogen-bond acceptors (Lipinski definition) is 8. The maximum atomic E-state index is 13.3. The lowest BCUT2D eigenvalue weighted by atomic mass is 10.1. The fourth-order valence-electron chi connectivity index (χ4n) is 6.37. The molecule has 0 heterocycles. The van der Waals surface area contributed by atoms with Crippen LogP contribution in [0.3, 0.4) is 0 Å². The van der Waals surface area contributed by atoms with E-state index < -0.39 is 23.6 Å². The molecule has 6 aromatic carbocycles. The van der Waals surface area contributed by atoms with Crippen molar-refractivity contribution in [2.45, 2.75) is 25.7 Å². The second-order valence-electron chi connectivity index (χ2n) is 14.3. The summed E-state index contributed by atoms with van der Waals surface area (Å²) in [5.41, 5.74) is 15.8. The van der Waals surface area contributed by atoms with E-state index in [0.29, 0.717) is 82.3 Å². The SMILES string of the molecule is Nc1cccc(C(=O)Nc2cc(NC(=O)c3ccccc3)cc(C(=O)NCCCCCCNC(=O)c3cc(NC(=O)c4ccccc4)cc(NC(=O)c4cccc(N)c4)c3)c2)c1. The summed E-state index contributed by atoms with van der Waals surface area (Å²) in [6.45, 7) is 0.727. The van der Waals surface area contributed by atoms with Crippen LogP contribution < -0.4 is 43.4 Å². The number of unbranched alkanes of at least 4 members (excludes halogenated alkanes) is 3. The summed E-state index contributed by atoms with van der Waals surface area (Å²) in [6, 6.07) is 39.5. The maximum absolute atomic E-state index is 13.3. The number of rotatable bonds is 17. The molecule has 0 fully saturated rings. The summed E-state index contributed by atoms with van der Waals surface area (Å²) in [7, 11) is 0. The van der Waals surface area contributed by atoms with Crippen molar-refractivity contribution >= 4 is 69.6 Å². The van der Waals surface area contributed by atoms with Gasteiger partial charge in [0, 0.05) is 80.6 Å². The number of hydrogen-bond donors (Lipinski definition) is 8. The molecule has 0 atom stereocenters. The minimum atomic E-state index is -0.435. The zero-order valence-corrected chi connectivity index (χ0v) is 33.7. The first-order valence-corrected chi connectivity index (χ1v) is 19.9. The van der Waals surface area contributed by atoms with Crippen molar-refractivity contribution in [3.8, 4) is 0 Å². The molecular formula is C48H46N8O6. The first-order valence-electron chi connectivity index (χ1n) is 19.9. The molecule has 62 heavy (non-hydrogen) atoms. The molecule has 14 heteroatoms. The zero-order valence-electron chi connectivity index (χ0n) is 33.7. The highest BCUT2D eigenvalue weighted by Crippen LogP contribution is 2.23. The van der Waals surface area contributed by atoms with Crippen LogP contribution in [0.1, 0.15) is 87.8 Å². The standard InChI is InChI=1S/C48H46N8O6/c49-37-19-11-17-33(23-37)47(61)55-41-27-35(25-39(29-41)53-45(59)31-13-5-3-6-14-31)43(57)51-21-9-1-2-10-22-52-44(58)36-26-40(54-46(60)32-15-7-4-8-16-32)30-42(28-36)56-48(62)34-18-12-20-38(50)24-34/h3-8,11-20,23-30H,1-2,9-10,21-22,49-50H2,(H,51,57)(H,52,58)(H,53,59)(H,54,60)(H,55,61)(H,56,62). The number of carbonyl (C=O) groups is 6. The quantitative estimate of drug-likeness (QED) is 0.0337. The lowest BCUT2D eigenvalue weighted by Crippen LogP contribution is -2.26. The predicted octanol–water partition coefficient (Wildman–Crippen LogP) is 7.58. The Morgan fingerprint density at radius 3 is 0.984 bits per heavy atom. The molecule has 0 aliphatic heterocycles. The normalized spacial score (nSPS) is 10.5. The number of carbonyl (C=O) groups excluding carboxylic acids is 6. The van der Waals surface area contributed by atoms with Crippen molar-refractivity contribution in [2.24, 2.45) is 0 Å². The van der Waals surface area contributed by atoms with Gasteiger partial charge in [-0.1, -0.05) is 61.4 Å². The number of nitrogens with one attached hydrogen (secondary N) is 6. The molecule has 6 rings (SSSR count). The maximum Gasteiger partial charge on any atom is 0.255 e. The van der Waals surface area contributed by atoms with E-state index in [-0.39, 0.29) is 22.9 Å². The van der Waals surface area contributed by atoms with Crippen LogP contribution in [-0.4, -0.2) is 48.5 Å². The first-order chi connectivity index (χ1) is 30.0. The van der Waals surface area contributed by atoms with Gasteiger partial charge in [-0.15, -0.1) is 0 Å². The Balaban J connectivity index is 1.01. The summed E-state index contributed by atoms with van der Waals surface area (Å²) in [5, 5.41) is 17.0. The fraction of sp³-hybridized carbons (Fsp3) is 0.125. The summed E-state index contributed by atoms with van der Waals surface area (Å²) in [4.78, 5) is 78.6. The third-order valence-electron chi connectivity index (χ3n) is 9.47. The third kappa shape index (κ3) is 12.6. The highest BCUT2D eigenvalue weighted by molar-refractivity contribution is 6.10. The molecule has 14 nitrogen and oxygen atoms in total. The van der Waals surface area contributed by atoms with Crippen molar-refractivity contribution in [1.29, 1.82) is 0 Å². The smallest absolute Gasteiger partial charge is 0.255 e. The van der Waals surface area contributed by atoms with E-state index in [1.807, 2.05) is 0 Å². The molecule has 0 saturated carbocycles. The van der Waals surface area contributed by atoms with Crippen LogP contribution in [0.15, 0.2) is 146 Å². The van der Waals surface area contributed by atoms with Crippen LogP contribution in [0, 0.1) is 0 Å². The molecule has 0 spiro atoms. The number of nitrogens with two attached hydrogens (primary N) is 2. The number of anilines is 6. The first kappa shape index (κ1) is 43.3. The van der Waals surface area contributed by atoms with E-state index >= 15 is 0 Å². The lowest BCUT2D eigenvalue weighted by Gasteiger charge is -2.13. The number of amides is 6. The minimum Gasteiger partial charge on any atom is -0.399 e. The van der Waals surface area contributed by atoms with Crippen LogP contribution in [0.25, 0.3) is 0 Å². The Hall–Kier alpha value is -8.26. The van der Waals surface area contributed by atoms with Crippen molar-refractivity contribution in [1.82, 2.24) is 10.6 Å². The Labute approximate surface area is 358 Å². The Bertz CT molecular complexity index is 2400. The second-order valence-corrected chi connectivity index (χ2v) is 14.3. The van der Waals surface area contributed by atoms with Crippen molar-refractivity contribution < 1.29 is 28.8 Å². The fourth-order valence-corrected chi connectivity index (χ4v) is 6.37.